The maximum absolute atomic E-state index is 6.20. The van der Waals surface area contributed by atoms with Gasteiger partial charge in [-0.05, 0) is 57.2 Å². The molecule has 0 unspecified atom stereocenters. The van der Waals surface area contributed by atoms with Crippen molar-refractivity contribution in [2.45, 2.75) is 25.4 Å². The summed E-state index contributed by atoms with van der Waals surface area (Å²) in [6, 6.07) is 12.4. The Morgan fingerprint density at radius 2 is 1.95 bits per heavy atom. The van der Waals surface area contributed by atoms with Gasteiger partial charge >= 0.3 is 0 Å². The number of likely N-dealkylation sites (tertiary alicyclic amines) is 1. The molecule has 1 aromatic carbocycles. The fourth-order valence-electron chi connectivity index (χ4n) is 2.74. The van der Waals surface area contributed by atoms with E-state index in [0.717, 1.165) is 28.7 Å². The highest BCUT2D eigenvalue weighted by atomic mass is 35.5. The predicted molar refractivity (Wildman–Crippen MR) is 86.5 cm³/mol. The first kappa shape index (κ1) is 14.6. The molecule has 112 valence electrons. The van der Waals surface area contributed by atoms with Gasteiger partial charge in [-0.3, -0.25) is 0 Å². The molecule has 2 aromatic rings. The highest BCUT2D eigenvalue weighted by molar-refractivity contribution is 6.33. The molecule has 21 heavy (non-hydrogen) atoms. The van der Waals surface area contributed by atoms with Crippen LogP contribution in [0.4, 0.5) is 0 Å². The van der Waals surface area contributed by atoms with E-state index in [2.05, 4.69) is 17.3 Å². The molecule has 1 N–H and O–H groups in total. The highest BCUT2D eigenvalue weighted by Crippen LogP contribution is 2.29. The molecule has 0 atom stereocenters. The van der Waals surface area contributed by atoms with Crippen molar-refractivity contribution in [3.05, 3.63) is 47.2 Å². The molecule has 2 heterocycles. The number of nitrogens with one attached hydrogen (secondary N) is 1. The van der Waals surface area contributed by atoms with E-state index in [4.69, 9.17) is 16.0 Å². The predicted octanol–water partition coefficient (Wildman–Crippen LogP) is 3.78. The normalized spacial score (nSPS) is 17.2. The Bertz CT molecular complexity index is 588. The molecule has 1 aromatic heterocycles. The number of hydrogen-bond donors (Lipinski definition) is 1. The molecule has 3 rings (SSSR count). The quantitative estimate of drug-likeness (QED) is 0.931. The van der Waals surface area contributed by atoms with Crippen LogP contribution in [-0.4, -0.2) is 31.1 Å². The molecule has 1 aliphatic rings. The molecule has 0 spiro atoms. The van der Waals surface area contributed by atoms with Gasteiger partial charge in [0.1, 0.15) is 11.5 Å². The van der Waals surface area contributed by atoms with Crippen LogP contribution in [0.25, 0.3) is 11.3 Å². The van der Waals surface area contributed by atoms with Gasteiger partial charge in [0.25, 0.3) is 0 Å². The Morgan fingerprint density at radius 1 is 1.19 bits per heavy atom. The molecule has 0 aliphatic carbocycles. The van der Waals surface area contributed by atoms with Crippen molar-refractivity contribution in [2.75, 3.05) is 20.1 Å². The summed E-state index contributed by atoms with van der Waals surface area (Å²) in [5.74, 6) is 1.80. The number of hydrogen-bond acceptors (Lipinski definition) is 3. The molecule has 4 heteroatoms. The lowest BCUT2D eigenvalue weighted by Gasteiger charge is -2.29. The summed E-state index contributed by atoms with van der Waals surface area (Å²) < 4.78 is 5.91. The average molecular weight is 305 g/mol. The minimum Gasteiger partial charge on any atom is -0.460 e. The zero-order chi connectivity index (χ0) is 14.7. The Morgan fingerprint density at radius 3 is 2.71 bits per heavy atom. The smallest absolute Gasteiger partial charge is 0.135 e. The van der Waals surface area contributed by atoms with E-state index < -0.39 is 0 Å². The monoisotopic (exact) mass is 304 g/mol. The number of rotatable bonds is 4. The van der Waals surface area contributed by atoms with E-state index in [1.807, 2.05) is 36.4 Å². The fraction of sp³-hybridized carbons (Fsp3) is 0.412. The average Bonchev–Trinajstić information content (AvgIpc) is 2.96. The van der Waals surface area contributed by atoms with Gasteiger partial charge in [-0.25, -0.2) is 0 Å². The number of halogens is 1. The summed E-state index contributed by atoms with van der Waals surface area (Å²) >= 11 is 6.20. The summed E-state index contributed by atoms with van der Waals surface area (Å²) in [6.45, 7) is 3.11. The largest absolute Gasteiger partial charge is 0.460 e. The maximum atomic E-state index is 6.20. The van der Waals surface area contributed by atoms with Crippen LogP contribution in [0.2, 0.25) is 5.02 Å². The van der Waals surface area contributed by atoms with Gasteiger partial charge < -0.3 is 14.6 Å². The second kappa shape index (κ2) is 6.65. The van der Waals surface area contributed by atoms with Crippen LogP contribution in [0.15, 0.2) is 40.8 Å². The Labute approximate surface area is 130 Å². The topological polar surface area (TPSA) is 28.4 Å². The van der Waals surface area contributed by atoms with Crippen LogP contribution >= 0.6 is 11.6 Å². The minimum absolute atomic E-state index is 0.593. The number of benzene rings is 1. The summed E-state index contributed by atoms with van der Waals surface area (Å²) in [5.41, 5.74) is 0.949. The SMILES string of the molecule is CN1CCC(NCc2ccc(-c3ccccc3Cl)o2)CC1. The molecule has 0 amide bonds. The molecule has 0 saturated carbocycles. The van der Waals surface area contributed by atoms with E-state index in [1.54, 1.807) is 0 Å². The lowest BCUT2D eigenvalue weighted by molar-refractivity contribution is 0.231. The molecular weight excluding hydrogens is 284 g/mol. The van der Waals surface area contributed by atoms with E-state index in [1.165, 1.54) is 25.9 Å². The van der Waals surface area contributed by atoms with Gasteiger partial charge in [0.05, 0.1) is 11.6 Å². The summed E-state index contributed by atoms with van der Waals surface area (Å²) in [7, 11) is 2.18. The maximum Gasteiger partial charge on any atom is 0.135 e. The third-order valence-corrected chi connectivity index (χ3v) is 4.41. The van der Waals surface area contributed by atoms with E-state index in [-0.39, 0.29) is 0 Å². The third-order valence-electron chi connectivity index (χ3n) is 4.08. The van der Waals surface area contributed by atoms with Crippen molar-refractivity contribution in [3.8, 4) is 11.3 Å². The molecule has 1 saturated heterocycles. The lowest BCUT2D eigenvalue weighted by Crippen LogP contribution is -2.40. The Hall–Kier alpha value is -1.29. The third kappa shape index (κ3) is 3.67. The van der Waals surface area contributed by atoms with Crippen LogP contribution in [0, 0.1) is 0 Å². The van der Waals surface area contributed by atoms with Crippen LogP contribution < -0.4 is 5.32 Å². The van der Waals surface area contributed by atoms with Gasteiger partial charge in [0, 0.05) is 11.6 Å². The first-order valence-corrected chi connectivity index (χ1v) is 7.86. The van der Waals surface area contributed by atoms with Gasteiger partial charge in [0.15, 0.2) is 0 Å². The van der Waals surface area contributed by atoms with E-state index >= 15 is 0 Å². The van der Waals surface area contributed by atoms with Crippen molar-refractivity contribution < 1.29 is 4.42 Å². The molecule has 0 bridgehead atoms. The van der Waals surface area contributed by atoms with Crippen LogP contribution in [-0.2, 0) is 6.54 Å². The standard InChI is InChI=1S/C17H21ClN2O/c1-20-10-8-13(9-11-20)19-12-14-6-7-17(21-14)15-4-2-3-5-16(15)18/h2-7,13,19H,8-12H2,1H3. The molecule has 0 radical (unpaired) electrons. The van der Waals surface area contributed by atoms with Crippen molar-refractivity contribution in [3.63, 3.8) is 0 Å². The van der Waals surface area contributed by atoms with E-state index in [0.29, 0.717) is 6.04 Å². The van der Waals surface area contributed by atoms with Crippen molar-refractivity contribution >= 4 is 11.6 Å². The minimum atomic E-state index is 0.593. The van der Waals surface area contributed by atoms with Crippen molar-refractivity contribution in [1.29, 1.82) is 0 Å². The summed E-state index contributed by atoms with van der Waals surface area (Å²) in [6.07, 6.45) is 2.41. The zero-order valence-corrected chi connectivity index (χ0v) is 13.1. The van der Waals surface area contributed by atoms with Crippen LogP contribution in [0.1, 0.15) is 18.6 Å². The summed E-state index contributed by atoms with van der Waals surface area (Å²) in [5, 5.41) is 4.31. The highest BCUT2D eigenvalue weighted by Gasteiger charge is 2.16. The molecule has 1 fully saturated rings. The lowest BCUT2D eigenvalue weighted by atomic mass is 10.1. The Balaban J connectivity index is 1.59. The van der Waals surface area contributed by atoms with Gasteiger partial charge in [-0.15, -0.1) is 0 Å². The van der Waals surface area contributed by atoms with Crippen molar-refractivity contribution in [2.24, 2.45) is 0 Å². The van der Waals surface area contributed by atoms with Crippen molar-refractivity contribution in [1.82, 2.24) is 10.2 Å². The second-order valence-corrected chi connectivity index (χ2v) is 6.11. The number of furan rings is 1. The van der Waals surface area contributed by atoms with Crippen LogP contribution in [0.3, 0.4) is 0 Å². The first-order chi connectivity index (χ1) is 10.2. The molecule has 3 nitrogen and oxygen atoms in total. The van der Waals surface area contributed by atoms with E-state index in [9.17, 15) is 0 Å². The second-order valence-electron chi connectivity index (χ2n) is 5.70. The fourth-order valence-corrected chi connectivity index (χ4v) is 2.97. The van der Waals surface area contributed by atoms with Gasteiger partial charge in [-0.2, -0.15) is 0 Å². The summed E-state index contributed by atoms with van der Waals surface area (Å²) in [4.78, 5) is 2.38. The van der Waals surface area contributed by atoms with Gasteiger partial charge in [-0.1, -0.05) is 23.7 Å². The molecule has 1 aliphatic heterocycles. The zero-order valence-electron chi connectivity index (χ0n) is 12.3. The first-order valence-electron chi connectivity index (χ1n) is 7.48. The number of piperidine rings is 1. The molecular formula is C17H21ClN2O. The number of nitrogens with zero attached hydrogens (tertiary/aromatic N) is 1. The van der Waals surface area contributed by atoms with Gasteiger partial charge in [0.2, 0.25) is 0 Å². The van der Waals surface area contributed by atoms with Crippen LogP contribution in [0.5, 0.6) is 0 Å². The Kier molecular flexibility index (Phi) is 4.63.